The van der Waals surface area contributed by atoms with Gasteiger partial charge in [0, 0.05) is 46.0 Å². The van der Waals surface area contributed by atoms with Gasteiger partial charge in [0.2, 0.25) is 0 Å². The van der Waals surface area contributed by atoms with Crippen LogP contribution in [0, 0.1) is 0 Å². The van der Waals surface area contributed by atoms with E-state index in [-0.39, 0.29) is 35.2 Å². The minimum Gasteiger partial charge on any atom is -0.497 e. The number of esters is 1. The lowest BCUT2D eigenvalue weighted by atomic mass is 9.97. The number of carbonyl (C=O) groups is 2. The Morgan fingerprint density at radius 2 is 1.57 bits per heavy atom. The molecular formula is C31H34ClNO9. The van der Waals surface area contributed by atoms with E-state index in [4.69, 9.17) is 40.0 Å². The molecule has 1 unspecified atom stereocenters. The molecule has 0 spiro atoms. The van der Waals surface area contributed by atoms with Gasteiger partial charge >= 0.3 is 5.97 Å². The fourth-order valence-corrected chi connectivity index (χ4v) is 4.60. The number of benzene rings is 3. The average Bonchev–Trinajstić information content (AvgIpc) is 3.01. The number of ether oxygens (including phenoxy) is 6. The Bertz CT molecular complexity index is 1440. The number of methoxy groups -OCH3 is 5. The summed E-state index contributed by atoms with van der Waals surface area (Å²) in [7, 11) is 7.39. The largest absolute Gasteiger partial charge is 0.497 e. The van der Waals surface area contributed by atoms with Gasteiger partial charge in [0.1, 0.15) is 23.4 Å². The highest BCUT2D eigenvalue weighted by Crippen LogP contribution is 2.45. The maximum Gasteiger partial charge on any atom is 0.330 e. The van der Waals surface area contributed by atoms with E-state index in [9.17, 15) is 14.7 Å². The Morgan fingerprint density at radius 3 is 2.19 bits per heavy atom. The van der Waals surface area contributed by atoms with E-state index in [2.05, 4.69) is 0 Å². The molecule has 3 rings (SSSR count). The van der Waals surface area contributed by atoms with Crippen molar-refractivity contribution in [2.24, 2.45) is 0 Å². The Morgan fingerprint density at radius 1 is 0.857 bits per heavy atom. The highest BCUT2D eigenvalue weighted by molar-refractivity contribution is 6.31. The Kier molecular flexibility index (Phi) is 11.5. The standard InChI is InChI=1S/C31H34ClNO9/c1-7-42-28(35)14-13-27(34)33(18-19-11-12-21(37-2)17-25(19)39-4)29-23(15-20(32)16-26(29)40-5)30(36)22-9-8-10-24(38-3)31(22)41-6/h8-17,30,36H,7,18H2,1-6H3/b14-13+. The third kappa shape index (κ3) is 7.26. The first-order chi connectivity index (χ1) is 20.2. The molecule has 0 bridgehead atoms. The third-order valence-electron chi connectivity index (χ3n) is 6.32. The summed E-state index contributed by atoms with van der Waals surface area (Å²) in [4.78, 5) is 27.2. The number of para-hydroxylation sites is 1. The number of hydrogen-bond acceptors (Lipinski definition) is 9. The predicted molar refractivity (Wildman–Crippen MR) is 158 cm³/mol. The number of hydrogen-bond donors (Lipinski definition) is 1. The molecule has 0 heterocycles. The van der Waals surface area contributed by atoms with Crippen LogP contribution in [-0.4, -0.2) is 59.1 Å². The fraction of sp³-hybridized carbons (Fsp3) is 0.290. The van der Waals surface area contributed by atoms with Gasteiger partial charge in [-0.15, -0.1) is 0 Å². The number of rotatable bonds is 13. The first-order valence-electron chi connectivity index (χ1n) is 12.9. The molecule has 0 saturated heterocycles. The van der Waals surface area contributed by atoms with Gasteiger partial charge in [-0.3, -0.25) is 4.79 Å². The molecule has 1 N–H and O–H groups in total. The van der Waals surface area contributed by atoms with Crippen LogP contribution in [0.3, 0.4) is 0 Å². The summed E-state index contributed by atoms with van der Waals surface area (Å²) in [5.41, 5.74) is 1.40. The number of nitrogens with zero attached hydrogens (tertiary/aromatic N) is 1. The second kappa shape index (κ2) is 15.0. The smallest absolute Gasteiger partial charge is 0.330 e. The van der Waals surface area contributed by atoms with E-state index in [1.165, 1.54) is 52.6 Å². The normalized spacial score (nSPS) is 11.5. The van der Waals surface area contributed by atoms with Crippen LogP contribution >= 0.6 is 11.6 Å². The molecule has 0 aliphatic rings. The lowest BCUT2D eigenvalue weighted by Crippen LogP contribution is -2.31. The number of anilines is 1. The fourth-order valence-electron chi connectivity index (χ4n) is 4.38. The molecule has 3 aromatic carbocycles. The van der Waals surface area contributed by atoms with Gasteiger partial charge < -0.3 is 38.4 Å². The molecule has 1 amide bonds. The molecule has 0 aliphatic carbocycles. The highest BCUT2D eigenvalue weighted by atomic mass is 35.5. The average molecular weight is 600 g/mol. The monoisotopic (exact) mass is 599 g/mol. The zero-order chi connectivity index (χ0) is 30.8. The summed E-state index contributed by atoms with van der Waals surface area (Å²) < 4.78 is 32.5. The summed E-state index contributed by atoms with van der Waals surface area (Å²) in [6, 6.07) is 13.3. The van der Waals surface area contributed by atoms with Crippen molar-refractivity contribution >= 4 is 29.2 Å². The summed E-state index contributed by atoms with van der Waals surface area (Å²) in [6.45, 7) is 1.76. The van der Waals surface area contributed by atoms with Gasteiger partial charge in [-0.1, -0.05) is 23.7 Å². The first-order valence-corrected chi connectivity index (χ1v) is 13.2. The van der Waals surface area contributed by atoms with Gasteiger partial charge in [0.25, 0.3) is 5.91 Å². The van der Waals surface area contributed by atoms with Gasteiger partial charge in [-0.25, -0.2) is 4.79 Å². The maximum atomic E-state index is 13.8. The van der Waals surface area contributed by atoms with Crippen LogP contribution < -0.4 is 28.6 Å². The number of carbonyl (C=O) groups excluding carboxylic acids is 2. The quantitative estimate of drug-likeness (QED) is 0.211. The molecule has 0 fully saturated rings. The van der Waals surface area contributed by atoms with Gasteiger partial charge in [-0.05, 0) is 31.2 Å². The lowest BCUT2D eigenvalue weighted by molar-refractivity contribution is -0.137. The SMILES string of the molecule is CCOC(=O)/C=C/C(=O)N(Cc1ccc(OC)cc1OC)c1c(OC)cc(Cl)cc1C(O)c1cccc(OC)c1OC. The van der Waals surface area contributed by atoms with E-state index in [0.717, 1.165) is 12.2 Å². The molecule has 11 heteroatoms. The number of amides is 1. The van der Waals surface area contributed by atoms with Gasteiger partial charge in [-0.2, -0.15) is 0 Å². The van der Waals surface area contributed by atoms with E-state index >= 15 is 0 Å². The van der Waals surface area contributed by atoms with Crippen molar-refractivity contribution < 1.29 is 43.1 Å². The minimum atomic E-state index is -1.35. The van der Waals surface area contributed by atoms with Gasteiger partial charge in [0.15, 0.2) is 11.5 Å². The third-order valence-corrected chi connectivity index (χ3v) is 6.54. The second-order valence-corrected chi connectivity index (χ2v) is 9.16. The van der Waals surface area contributed by atoms with Crippen molar-refractivity contribution in [3.05, 3.63) is 82.4 Å². The summed E-state index contributed by atoms with van der Waals surface area (Å²) in [6.07, 6.45) is 0.776. The predicted octanol–water partition coefficient (Wildman–Crippen LogP) is 5.12. The number of halogens is 1. The number of aliphatic hydroxyl groups excluding tert-OH is 1. The molecule has 0 aromatic heterocycles. The zero-order valence-electron chi connectivity index (χ0n) is 24.3. The van der Waals surface area contributed by atoms with E-state index < -0.39 is 18.0 Å². The Balaban J connectivity index is 2.28. The summed E-state index contributed by atoms with van der Waals surface area (Å²) in [5.74, 6) is 0.618. The van der Waals surface area contributed by atoms with Crippen molar-refractivity contribution in [3.8, 4) is 28.7 Å². The topological polar surface area (TPSA) is 113 Å². The molecule has 42 heavy (non-hydrogen) atoms. The van der Waals surface area contributed by atoms with Crippen LogP contribution in [0.1, 0.15) is 29.7 Å². The van der Waals surface area contributed by atoms with Crippen LogP contribution in [0.25, 0.3) is 0 Å². The zero-order valence-corrected chi connectivity index (χ0v) is 25.1. The molecule has 1 atom stereocenters. The molecule has 3 aromatic rings. The van der Waals surface area contributed by atoms with Crippen molar-refractivity contribution in [2.45, 2.75) is 19.6 Å². The van der Waals surface area contributed by atoms with E-state index in [1.807, 2.05) is 0 Å². The van der Waals surface area contributed by atoms with Crippen molar-refractivity contribution in [2.75, 3.05) is 47.1 Å². The number of aliphatic hydroxyl groups is 1. The van der Waals surface area contributed by atoms with Gasteiger partial charge in [0.05, 0.1) is 54.4 Å². The van der Waals surface area contributed by atoms with Crippen molar-refractivity contribution in [1.29, 1.82) is 0 Å². The minimum absolute atomic E-state index is 0.0495. The van der Waals surface area contributed by atoms with Crippen molar-refractivity contribution in [3.63, 3.8) is 0 Å². The van der Waals surface area contributed by atoms with E-state index in [0.29, 0.717) is 34.1 Å². The first kappa shape index (κ1) is 32.1. The van der Waals surface area contributed by atoms with Crippen LogP contribution in [0.15, 0.2) is 60.7 Å². The second-order valence-electron chi connectivity index (χ2n) is 8.72. The molecule has 224 valence electrons. The molecule has 0 aliphatic heterocycles. The Labute approximate surface area is 249 Å². The highest BCUT2D eigenvalue weighted by Gasteiger charge is 2.29. The lowest BCUT2D eigenvalue weighted by Gasteiger charge is -2.29. The van der Waals surface area contributed by atoms with E-state index in [1.54, 1.807) is 43.3 Å². The van der Waals surface area contributed by atoms with Crippen LogP contribution in [0.4, 0.5) is 5.69 Å². The molecule has 0 radical (unpaired) electrons. The maximum absolute atomic E-state index is 13.8. The summed E-state index contributed by atoms with van der Waals surface area (Å²) in [5, 5.41) is 12.0. The van der Waals surface area contributed by atoms with Crippen LogP contribution in [0.2, 0.25) is 5.02 Å². The summed E-state index contributed by atoms with van der Waals surface area (Å²) >= 11 is 6.47. The molecule has 10 nitrogen and oxygen atoms in total. The van der Waals surface area contributed by atoms with Crippen LogP contribution in [0.5, 0.6) is 28.7 Å². The van der Waals surface area contributed by atoms with Crippen molar-refractivity contribution in [1.82, 2.24) is 0 Å². The Hall–Kier alpha value is -4.41. The molecular weight excluding hydrogens is 566 g/mol. The molecule has 0 saturated carbocycles. The van der Waals surface area contributed by atoms with Crippen LogP contribution in [-0.2, 0) is 20.9 Å².